The van der Waals surface area contributed by atoms with E-state index in [-0.39, 0.29) is 5.56 Å². The van der Waals surface area contributed by atoms with Gasteiger partial charge in [0.25, 0.3) is 12.3 Å². The van der Waals surface area contributed by atoms with Crippen LogP contribution in [0, 0.1) is 6.92 Å². The fourth-order valence-corrected chi connectivity index (χ4v) is 3.68. The molecule has 2 aromatic heterocycles. The Labute approximate surface area is 194 Å². The summed E-state index contributed by atoms with van der Waals surface area (Å²) in [5.74, 6) is -0.380. The minimum atomic E-state index is -2.98. The van der Waals surface area contributed by atoms with Crippen LogP contribution in [0.15, 0.2) is 42.9 Å². The third-order valence-electron chi connectivity index (χ3n) is 5.60. The lowest BCUT2D eigenvalue weighted by atomic mass is 10.1. The van der Waals surface area contributed by atoms with Gasteiger partial charge in [-0.1, -0.05) is 12.1 Å². The fourth-order valence-electron chi connectivity index (χ4n) is 3.68. The van der Waals surface area contributed by atoms with Gasteiger partial charge in [-0.05, 0) is 37.5 Å². The van der Waals surface area contributed by atoms with Crippen molar-refractivity contribution in [3.63, 3.8) is 0 Å². The van der Waals surface area contributed by atoms with Crippen LogP contribution in [0.3, 0.4) is 0 Å². The van der Waals surface area contributed by atoms with E-state index in [1.807, 2.05) is 23.1 Å². The molecule has 1 aliphatic rings. The fraction of sp³-hybridized carbons (Fsp3) is 0.391. The third kappa shape index (κ3) is 5.53. The van der Waals surface area contributed by atoms with E-state index in [2.05, 4.69) is 20.4 Å². The molecule has 0 bridgehead atoms. The number of carbonyl (C=O) groups excluding carboxylic acids is 1. The number of ether oxygens (including phenoxy) is 1. The summed E-state index contributed by atoms with van der Waals surface area (Å²) in [7, 11) is 0. The first-order valence-electron chi connectivity index (χ1n) is 10.9. The predicted molar refractivity (Wildman–Crippen MR) is 120 cm³/mol. The number of halogens is 3. The second-order valence-corrected chi connectivity index (χ2v) is 8.05. The number of aromatic nitrogens is 4. The predicted octanol–water partition coefficient (Wildman–Crippen LogP) is 4.08. The van der Waals surface area contributed by atoms with Crippen molar-refractivity contribution in [2.45, 2.75) is 38.3 Å². The summed E-state index contributed by atoms with van der Waals surface area (Å²) in [5, 5.41) is 9.59. The van der Waals surface area contributed by atoms with E-state index in [0.29, 0.717) is 23.2 Å². The molecule has 180 valence electrons. The van der Waals surface area contributed by atoms with E-state index < -0.39 is 25.0 Å². The lowest BCUT2D eigenvalue weighted by Crippen LogP contribution is -2.41. The molecule has 1 amide bonds. The van der Waals surface area contributed by atoms with Gasteiger partial charge in [-0.2, -0.15) is 5.10 Å². The van der Waals surface area contributed by atoms with Crippen molar-refractivity contribution in [3.8, 4) is 11.3 Å². The molecular formula is C23H25F3N6O2. The molecule has 34 heavy (non-hydrogen) atoms. The summed E-state index contributed by atoms with van der Waals surface area (Å²) >= 11 is 0. The van der Waals surface area contributed by atoms with Crippen LogP contribution in [0.4, 0.5) is 24.8 Å². The molecule has 1 unspecified atom stereocenters. The summed E-state index contributed by atoms with van der Waals surface area (Å²) in [5.41, 5.74) is 3.09. The van der Waals surface area contributed by atoms with Crippen LogP contribution in [0.25, 0.3) is 11.3 Å². The van der Waals surface area contributed by atoms with Gasteiger partial charge in [0.05, 0.1) is 23.6 Å². The number of nitrogens with one attached hydrogen (secondary N) is 2. The summed E-state index contributed by atoms with van der Waals surface area (Å²) in [4.78, 5) is 21.1. The Morgan fingerprint density at radius 2 is 1.94 bits per heavy atom. The molecule has 0 radical (unpaired) electrons. The number of alkyl halides is 3. The third-order valence-corrected chi connectivity index (χ3v) is 5.60. The maximum Gasteiger partial charge on any atom is 0.261 e. The molecule has 1 aromatic carbocycles. The topological polar surface area (TPSA) is 94.0 Å². The molecule has 8 nitrogen and oxygen atoms in total. The highest BCUT2D eigenvalue weighted by Gasteiger charge is 2.23. The summed E-state index contributed by atoms with van der Waals surface area (Å²) in [6, 6.07) is 4.75. The summed E-state index contributed by atoms with van der Waals surface area (Å²) < 4.78 is 45.4. The van der Waals surface area contributed by atoms with Crippen molar-refractivity contribution >= 4 is 17.5 Å². The zero-order valence-electron chi connectivity index (χ0n) is 18.5. The first-order chi connectivity index (χ1) is 16.4. The second-order valence-electron chi connectivity index (χ2n) is 8.05. The van der Waals surface area contributed by atoms with E-state index >= 15 is 0 Å². The molecule has 0 aliphatic carbocycles. The van der Waals surface area contributed by atoms with E-state index in [1.165, 1.54) is 12.1 Å². The van der Waals surface area contributed by atoms with Gasteiger partial charge in [-0.15, -0.1) is 0 Å². The maximum absolute atomic E-state index is 12.7. The quantitative estimate of drug-likeness (QED) is 0.511. The Kier molecular flexibility index (Phi) is 7.41. The maximum atomic E-state index is 12.7. The average molecular weight is 474 g/mol. The zero-order chi connectivity index (χ0) is 24.1. The Hall–Kier alpha value is -3.47. The van der Waals surface area contributed by atoms with Crippen LogP contribution in [0.1, 0.15) is 34.8 Å². The zero-order valence-corrected chi connectivity index (χ0v) is 18.5. The van der Waals surface area contributed by atoms with Crippen molar-refractivity contribution in [1.82, 2.24) is 25.1 Å². The van der Waals surface area contributed by atoms with Gasteiger partial charge in [0.2, 0.25) is 5.95 Å². The highest BCUT2D eigenvalue weighted by Crippen LogP contribution is 2.25. The van der Waals surface area contributed by atoms with E-state index in [9.17, 15) is 18.0 Å². The number of anilines is 2. The van der Waals surface area contributed by atoms with E-state index in [0.717, 1.165) is 37.3 Å². The van der Waals surface area contributed by atoms with Gasteiger partial charge in [0.1, 0.15) is 12.7 Å². The first kappa shape index (κ1) is 23.7. The Morgan fingerprint density at radius 1 is 1.21 bits per heavy atom. The Morgan fingerprint density at radius 3 is 2.62 bits per heavy atom. The molecule has 2 N–H and O–H groups in total. The van der Waals surface area contributed by atoms with Crippen LogP contribution in [0.2, 0.25) is 0 Å². The normalized spacial score (nSPS) is 15.3. The van der Waals surface area contributed by atoms with Gasteiger partial charge < -0.3 is 15.4 Å². The highest BCUT2D eigenvalue weighted by molar-refractivity contribution is 5.94. The molecule has 4 rings (SSSR count). The van der Waals surface area contributed by atoms with E-state index in [4.69, 9.17) is 4.74 Å². The van der Waals surface area contributed by atoms with Gasteiger partial charge in [-0.3, -0.25) is 9.48 Å². The molecule has 0 saturated carbocycles. The van der Waals surface area contributed by atoms with Crippen LogP contribution >= 0.6 is 0 Å². The van der Waals surface area contributed by atoms with Gasteiger partial charge in [0.15, 0.2) is 0 Å². The standard InChI is InChI=1S/C23H25F3N6O2/c1-14-11-27-23(29-17-12-28-32(13-17)18-6-8-34-9-7-18)31-20(14)15-2-4-16(5-3-15)22(33)30-19(10-24)21(25)26/h2-5,11-13,18-19,21H,6-10H2,1H3,(H,30,33)(H,27,29,31). The molecule has 1 saturated heterocycles. The monoisotopic (exact) mass is 474 g/mol. The summed E-state index contributed by atoms with van der Waals surface area (Å²) in [6.45, 7) is 1.96. The minimum absolute atomic E-state index is 0.147. The molecule has 3 heterocycles. The molecule has 1 aliphatic heterocycles. The lowest BCUT2D eigenvalue weighted by Gasteiger charge is -2.22. The minimum Gasteiger partial charge on any atom is -0.381 e. The number of hydrogen-bond donors (Lipinski definition) is 2. The van der Waals surface area contributed by atoms with Crippen molar-refractivity contribution in [2.24, 2.45) is 0 Å². The first-order valence-corrected chi connectivity index (χ1v) is 10.9. The second kappa shape index (κ2) is 10.6. The van der Waals surface area contributed by atoms with Gasteiger partial charge in [-0.25, -0.2) is 23.1 Å². The van der Waals surface area contributed by atoms with Gasteiger partial charge in [0, 0.05) is 36.7 Å². The van der Waals surface area contributed by atoms with E-state index in [1.54, 1.807) is 24.5 Å². The number of carbonyl (C=O) groups is 1. The van der Waals surface area contributed by atoms with Crippen molar-refractivity contribution in [2.75, 3.05) is 25.2 Å². The largest absolute Gasteiger partial charge is 0.381 e. The lowest BCUT2D eigenvalue weighted by molar-refractivity contribution is 0.0662. The average Bonchev–Trinajstić information content (AvgIpc) is 3.32. The number of hydrogen-bond acceptors (Lipinski definition) is 6. The molecule has 1 fully saturated rings. The van der Waals surface area contributed by atoms with Crippen LogP contribution < -0.4 is 10.6 Å². The van der Waals surface area contributed by atoms with Gasteiger partial charge >= 0.3 is 0 Å². The number of rotatable bonds is 8. The SMILES string of the molecule is Cc1cnc(Nc2cnn(C3CCOCC3)c2)nc1-c1ccc(C(=O)NC(CF)C(F)F)cc1. The number of aryl methyl sites for hydroxylation is 1. The Bertz CT molecular complexity index is 1120. The van der Waals surface area contributed by atoms with Crippen LogP contribution in [0.5, 0.6) is 0 Å². The number of benzene rings is 1. The van der Waals surface area contributed by atoms with Crippen LogP contribution in [-0.4, -0.2) is 58.0 Å². The molecular weight excluding hydrogens is 449 g/mol. The van der Waals surface area contributed by atoms with Crippen molar-refractivity contribution in [3.05, 3.63) is 54.0 Å². The summed E-state index contributed by atoms with van der Waals surface area (Å²) in [6.07, 6.45) is 4.16. The number of amides is 1. The molecule has 3 aromatic rings. The Balaban J connectivity index is 1.47. The van der Waals surface area contributed by atoms with Crippen LogP contribution in [-0.2, 0) is 4.74 Å². The smallest absolute Gasteiger partial charge is 0.261 e. The van der Waals surface area contributed by atoms with Crippen molar-refractivity contribution in [1.29, 1.82) is 0 Å². The van der Waals surface area contributed by atoms with Crippen molar-refractivity contribution < 1.29 is 22.7 Å². The highest BCUT2D eigenvalue weighted by atomic mass is 19.3. The molecule has 0 spiro atoms. The molecule has 11 heteroatoms. The molecule has 1 atom stereocenters. The number of nitrogens with zero attached hydrogens (tertiary/aromatic N) is 4.